The van der Waals surface area contributed by atoms with Crippen molar-refractivity contribution in [3.63, 3.8) is 0 Å². The Morgan fingerprint density at radius 1 is 1.39 bits per heavy atom. The van der Waals surface area contributed by atoms with Crippen LogP contribution in [0.2, 0.25) is 0 Å². The first kappa shape index (κ1) is 16.3. The Morgan fingerprint density at radius 3 is 2.56 bits per heavy atom. The second-order valence-electron chi connectivity index (χ2n) is 3.68. The molecule has 0 bridgehead atoms. The van der Waals surface area contributed by atoms with E-state index in [0.29, 0.717) is 12.7 Å². The quantitative estimate of drug-likeness (QED) is 0.381. The van der Waals surface area contributed by atoms with E-state index in [1.165, 1.54) is 0 Å². The summed E-state index contributed by atoms with van der Waals surface area (Å²) in [5.41, 5.74) is 0. The lowest BCUT2D eigenvalue weighted by Crippen LogP contribution is -2.30. The van der Waals surface area contributed by atoms with E-state index in [9.17, 15) is 14.4 Å². The van der Waals surface area contributed by atoms with Crippen LogP contribution in [0.3, 0.4) is 0 Å². The van der Waals surface area contributed by atoms with Gasteiger partial charge in [0.1, 0.15) is 12.9 Å². The Labute approximate surface area is 106 Å². The second-order valence-corrected chi connectivity index (χ2v) is 3.68. The molecule has 6 nitrogen and oxygen atoms in total. The van der Waals surface area contributed by atoms with E-state index in [4.69, 9.17) is 9.84 Å². The van der Waals surface area contributed by atoms with Crippen LogP contribution in [0.4, 0.5) is 0 Å². The third-order valence-corrected chi connectivity index (χ3v) is 2.22. The van der Waals surface area contributed by atoms with Crippen molar-refractivity contribution in [2.45, 2.75) is 26.4 Å². The first-order valence-corrected chi connectivity index (χ1v) is 5.65. The number of ether oxygens (including phenoxy) is 2. The number of allylic oxidation sites excluding steroid dienone is 1. The van der Waals surface area contributed by atoms with Gasteiger partial charge in [0.25, 0.3) is 0 Å². The van der Waals surface area contributed by atoms with E-state index in [-0.39, 0.29) is 12.5 Å². The highest BCUT2D eigenvalue weighted by Gasteiger charge is 2.19. The first-order chi connectivity index (χ1) is 8.54. The number of aldehydes is 1. The van der Waals surface area contributed by atoms with Crippen LogP contribution in [0.1, 0.15) is 20.3 Å². The molecule has 2 unspecified atom stereocenters. The van der Waals surface area contributed by atoms with Crippen LogP contribution < -0.4 is 0 Å². The monoisotopic (exact) mass is 258 g/mol. The van der Waals surface area contributed by atoms with Gasteiger partial charge in [0.2, 0.25) is 0 Å². The van der Waals surface area contributed by atoms with E-state index in [0.717, 1.165) is 12.2 Å². The molecule has 1 N–H and O–H groups in total. The van der Waals surface area contributed by atoms with Gasteiger partial charge in [-0.3, -0.25) is 9.59 Å². The zero-order valence-corrected chi connectivity index (χ0v) is 10.5. The summed E-state index contributed by atoms with van der Waals surface area (Å²) in [6.07, 6.45) is 2.10. The van der Waals surface area contributed by atoms with Crippen LogP contribution in [0.15, 0.2) is 12.2 Å². The summed E-state index contributed by atoms with van der Waals surface area (Å²) in [6.45, 7) is 2.85. The van der Waals surface area contributed by atoms with Crippen molar-refractivity contribution >= 4 is 18.2 Å². The largest absolute Gasteiger partial charge is 0.458 e. The fourth-order valence-corrected chi connectivity index (χ4v) is 0.912. The number of hydrogen-bond donors (Lipinski definition) is 1. The van der Waals surface area contributed by atoms with Gasteiger partial charge in [-0.25, -0.2) is 4.79 Å². The van der Waals surface area contributed by atoms with Crippen LogP contribution >= 0.6 is 0 Å². The molecule has 0 aromatic rings. The molecule has 0 saturated carbocycles. The van der Waals surface area contributed by atoms with E-state index < -0.39 is 24.6 Å². The van der Waals surface area contributed by atoms with Crippen LogP contribution in [0, 0.1) is 5.92 Å². The number of carbonyl (C=O) groups is 3. The molecule has 0 aliphatic heterocycles. The molecule has 0 aromatic heterocycles. The summed E-state index contributed by atoms with van der Waals surface area (Å²) in [6, 6.07) is 0. The molecule has 0 spiro atoms. The average molecular weight is 258 g/mol. The Hall–Kier alpha value is -1.69. The predicted octanol–water partition coefficient (Wildman–Crippen LogP) is 0.235. The van der Waals surface area contributed by atoms with E-state index in [1.54, 1.807) is 6.92 Å². The van der Waals surface area contributed by atoms with Crippen LogP contribution in [-0.4, -0.2) is 42.6 Å². The molecule has 0 aliphatic rings. The molecule has 6 heteroatoms. The fraction of sp³-hybridized carbons (Fsp3) is 0.583. The molecular formula is C12H18O6. The number of hydrogen-bond acceptors (Lipinski definition) is 6. The van der Waals surface area contributed by atoms with Crippen molar-refractivity contribution in [2.75, 3.05) is 13.2 Å². The average Bonchev–Trinajstić information content (AvgIpc) is 2.39. The molecule has 0 aromatic carbocycles. The normalized spacial score (nSPS) is 13.9. The maximum atomic E-state index is 11.4. The van der Waals surface area contributed by atoms with Crippen molar-refractivity contribution in [1.82, 2.24) is 0 Å². The van der Waals surface area contributed by atoms with Gasteiger partial charge in [0, 0.05) is 6.08 Å². The summed E-state index contributed by atoms with van der Waals surface area (Å²) < 4.78 is 9.64. The minimum atomic E-state index is -0.889. The number of carbonyl (C=O) groups excluding carboxylic acids is 3. The van der Waals surface area contributed by atoms with Gasteiger partial charge in [-0.1, -0.05) is 13.8 Å². The lowest BCUT2D eigenvalue weighted by atomic mass is 10.1. The van der Waals surface area contributed by atoms with E-state index in [2.05, 4.69) is 4.74 Å². The van der Waals surface area contributed by atoms with E-state index in [1.807, 2.05) is 6.92 Å². The molecule has 0 heterocycles. The molecule has 0 radical (unpaired) electrons. The molecule has 2 atom stereocenters. The third-order valence-electron chi connectivity index (χ3n) is 2.22. The smallest absolute Gasteiger partial charge is 0.330 e. The number of aliphatic hydroxyl groups is 1. The fourth-order valence-electron chi connectivity index (χ4n) is 0.912. The molecule has 0 rings (SSSR count). The van der Waals surface area contributed by atoms with Crippen molar-refractivity contribution < 1.29 is 29.0 Å². The topological polar surface area (TPSA) is 89.9 Å². The Kier molecular flexibility index (Phi) is 8.47. The maximum Gasteiger partial charge on any atom is 0.330 e. The Morgan fingerprint density at radius 2 is 2.06 bits per heavy atom. The lowest BCUT2D eigenvalue weighted by molar-refractivity contribution is -0.162. The standard InChI is InChI=1S/C12H18O6/c1-3-9(2)12(16)18-10(7-14)8-17-11(15)5-4-6-13/h4-6,9-10,14H,3,7-8H2,1-2H3/b5-4+. The highest BCUT2D eigenvalue weighted by molar-refractivity contribution is 5.86. The highest BCUT2D eigenvalue weighted by atomic mass is 16.6. The van der Waals surface area contributed by atoms with Gasteiger partial charge in [-0.05, 0) is 12.5 Å². The SMILES string of the molecule is CCC(C)C(=O)OC(CO)COC(=O)/C=C/C=O. The van der Waals surface area contributed by atoms with Crippen LogP contribution in [0.25, 0.3) is 0 Å². The summed E-state index contributed by atoms with van der Waals surface area (Å²) >= 11 is 0. The maximum absolute atomic E-state index is 11.4. The van der Waals surface area contributed by atoms with Gasteiger partial charge in [-0.2, -0.15) is 0 Å². The summed E-state index contributed by atoms with van der Waals surface area (Å²) in [5, 5.41) is 8.98. The van der Waals surface area contributed by atoms with Gasteiger partial charge < -0.3 is 14.6 Å². The third kappa shape index (κ3) is 6.80. The molecule has 0 aliphatic carbocycles. The van der Waals surface area contributed by atoms with Crippen molar-refractivity contribution in [3.8, 4) is 0 Å². The summed E-state index contributed by atoms with van der Waals surface area (Å²) in [4.78, 5) is 32.4. The van der Waals surface area contributed by atoms with Crippen molar-refractivity contribution in [1.29, 1.82) is 0 Å². The van der Waals surface area contributed by atoms with Crippen LogP contribution in [-0.2, 0) is 23.9 Å². The molecule has 18 heavy (non-hydrogen) atoms. The highest BCUT2D eigenvalue weighted by Crippen LogP contribution is 2.06. The zero-order valence-electron chi connectivity index (χ0n) is 10.5. The zero-order chi connectivity index (χ0) is 14.0. The van der Waals surface area contributed by atoms with Gasteiger partial charge in [0.05, 0.1) is 12.5 Å². The Bertz CT molecular complexity index is 310. The molecular weight excluding hydrogens is 240 g/mol. The lowest BCUT2D eigenvalue weighted by Gasteiger charge is -2.17. The number of aliphatic hydroxyl groups excluding tert-OH is 1. The molecule has 102 valence electrons. The van der Waals surface area contributed by atoms with Gasteiger partial charge >= 0.3 is 11.9 Å². The first-order valence-electron chi connectivity index (χ1n) is 5.65. The van der Waals surface area contributed by atoms with Crippen molar-refractivity contribution in [2.24, 2.45) is 5.92 Å². The van der Waals surface area contributed by atoms with Crippen molar-refractivity contribution in [3.05, 3.63) is 12.2 Å². The number of esters is 2. The van der Waals surface area contributed by atoms with Gasteiger partial charge in [0.15, 0.2) is 6.10 Å². The minimum absolute atomic E-state index is 0.249. The summed E-state index contributed by atoms with van der Waals surface area (Å²) in [5.74, 6) is -1.46. The second kappa shape index (κ2) is 9.35. The molecule has 0 fully saturated rings. The Balaban J connectivity index is 4.12. The predicted molar refractivity (Wildman–Crippen MR) is 62.6 cm³/mol. The minimum Gasteiger partial charge on any atom is -0.458 e. The van der Waals surface area contributed by atoms with Gasteiger partial charge in [-0.15, -0.1) is 0 Å². The van der Waals surface area contributed by atoms with E-state index >= 15 is 0 Å². The summed E-state index contributed by atoms with van der Waals surface area (Å²) in [7, 11) is 0. The molecule has 0 amide bonds. The molecule has 0 saturated heterocycles. The van der Waals surface area contributed by atoms with Crippen LogP contribution in [0.5, 0.6) is 0 Å². The number of rotatable bonds is 8.